The minimum Gasteiger partial charge on any atom is -0.315 e. The van der Waals surface area contributed by atoms with Crippen LogP contribution in [0.3, 0.4) is 0 Å². The fraction of sp³-hybridized carbons (Fsp3) is 0.357. The molecule has 2 heterocycles. The minimum absolute atomic E-state index is 0.0415. The van der Waals surface area contributed by atoms with E-state index in [1.165, 1.54) is 11.1 Å². The molecule has 0 radical (unpaired) electrons. The second kappa shape index (κ2) is 4.96. The van der Waals surface area contributed by atoms with Crippen LogP contribution in [0, 0.1) is 0 Å². The largest absolute Gasteiger partial charge is 0.329 e. The lowest BCUT2D eigenvalue weighted by atomic mass is 10.1. The topological polar surface area (TPSA) is 71.3 Å². The lowest BCUT2D eigenvalue weighted by Crippen LogP contribution is -2.32. The molecule has 3 rings (SSSR count). The predicted octanol–water partition coefficient (Wildman–Crippen LogP) is 2.74. The molecular weight excluding hydrogens is 256 g/mol. The number of hydrogen-bond acceptors (Lipinski definition) is 4. The van der Waals surface area contributed by atoms with Gasteiger partial charge in [0.05, 0.1) is 6.04 Å². The average Bonchev–Trinajstić information content (AvgIpc) is 3.04. The Bertz CT molecular complexity index is 638. The zero-order valence-electron chi connectivity index (χ0n) is 11.5. The highest BCUT2D eigenvalue weighted by atomic mass is 16.5. The van der Waals surface area contributed by atoms with E-state index >= 15 is 0 Å². The van der Waals surface area contributed by atoms with Crippen LogP contribution in [0.2, 0.25) is 0 Å². The van der Waals surface area contributed by atoms with Crippen LogP contribution < -0.4 is 5.32 Å². The highest BCUT2D eigenvalue weighted by molar-refractivity contribution is 5.87. The maximum atomic E-state index is 12.3. The molecule has 1 aromatic heterocycles. The first kappa shape index (κ1) is 12.7. The van der Waals surface area contributed by atoms with Gasteiger partial charge in [-0.3, -0.25) is 5.32 Å². The van der Waals surface area contributed by atoms with Gasteiger partial charge in [0.25, 0.3) is 0 Å². The summed E-state index contributed by atoms with van der Waals surface area (Å²) in [5, 5.41) is 6.40. The van der Waals surface area contributed by atoms with Crippen LogP contribution in [0.5, 0.6) is 0 Å². The third kappa shape index (κ3) is 2.13. The SMILES string of the molecule is CCc1noc(NC(=O)N2Cc3ccccc3C2C)n1. The second-order valence-electron chi connectivity index (χ2n) is 4.80. The Balaban J connectivity index is 1.73. The summed E-state index contributed by atoms with van der Waals surface area (Å²) >= 11 is 0. The number of nitrogens with zero attached hydrogens (tertiary/aromatic N) is 3. The number of carbonyl (C=O) groups is 1. The minimum atomic E-state index is -0.222. The molecule has 1 aliphatic heterocycles. The Morgan fingerprint density at radius 1 is 1.50 bits per heavy atom. The average molecular weight is 272 g/mol. The number of nitrogens with one attached hydrogen (secondary N) is 1. The molecule has 6 nitrogen and oxygen atoms in total. The summed E-state index contributed by atoms with van der Waals surface area (Å²) in [7, 11) is 0. The fourth-order valence-electron chi connectivity index (χ4n) is 2.43. The first-order valence-electron chi connectivity index (χ1n) is 6.67. The molecule has 0 spiro atoms. The smallest absolute Gasteiger partial charge is 0.315 e. The van der Waals surface area contributed by atoms with Crippen molar-refractivity contribution in [1.82, 2.24) is 15.0 Å². The lowest BCUT2D eigenvalue weighted by Gasteiger charge is -2.21. The standard InChI is InChI=1S/C14H16N4O2/c1-3-12-15-13(20-17-12)16-14(19)18-8-10-6-4-5-7-11(10)9(18)2/h4-7,9H,3,8H2,1-2H3,(H,15,16,17,19). The van der Waals surface area contributed by atoms with Crippen molar-refractivity contribution in [2.24, 2.45) is 0 Å². The number of urea groups is 1. The Kier molecular flexibility index (Phi) is 3.14. The molecule has 104 valence electrons. The molecule has 1 aromatic carbocycles. The van der Waals surface area contributed by atoms with Crippen LogP contribution in [-0.4, -0.2) is 21.1 Å². The van der Waals surface area contributed by atoms with Crippen molar-refractivity contribution in [3.63, 3.8) is 0 Å². The van der Waals surface area contributed by atoms with E-state index < -0.39 is 0 Å². The molecule has 20 heavy (non-hydrogen) atoms. The number of fused-ring (bicyclic) bond motifs is 1. The van der Waals surface area contributed by atoms with E-state index in [1.54, 1.807) is 4.90 Å². The van der Waals surface area contributed by atoms with Crippen LogP contribution in [0.4, 0.5) is 10.8 Å². The van der Waals surface area contributed by atoms with Crippen molar-refractivity contribution >= 4 is 12.0 Å². The molecule has 2 aromatic rings. The lowest BCUT2D eigenvalue weighted by molar-refractivity contribution is 0.198. The van der Waals surface area contributed by atoms with E-state index in [-0.39, 0.29) is 18.1 Å². The van der Waals surface area contributed by atoms with Crippen molar-refractivity contribution in [3.8, 4) is 0 Å². The van der Waals surface area contributed by atoms with Crippen molar-refractivity contribution in [2.45, 2.75) is 32.9 Å². The number of rotatable bonds is 2. The van der Waals surface area contributed by atoms with Crippen LogP contribution in [-0.2, 0) is 13.0 Å². The molecule has 1 unspecified atom stereocenters. The fourth-order valence-corrected chi connectivity index (χ4v) is 2.43. The van der Waals surface area contributed by atoms with Crippen molar-refractivity contribution in [2.75, 3.05) is 5.32 Å². The third-order valence-corrected chi connectivity index (χ3v) is 3.57. The van der Waals surface area contributed by atoms with Crippen molar-refractivity contribution in [3.05, 3.63) is 41.2 Å². The van der Waals surface area contributed by atoms with Gasteiger partial charge >= 0.3 is 12.0 Å². The summed E-state index contributed by atoms with van der Waals surface area (Å²) in [6, 6.07) is 8.03. The van der Waals surface area contributed by atoms with E-state index in [2.05, 4.69) is 21.5 Å². The van der Waals surface area contributed by atoms with Gasteiger partial charge in [0.15, 0.2) is 5.82 Å². The Hall–Kier alpha value is -2.37. The molecule has 0 saturated carbocycles. The first-order chi connectivity index (χ1) is 9.69. The predicted molar refractivity (Wildman–Crippen MR) is 73.1 cm³/mol. The van der Waals surface area contributed by atoms with Gasteiger partial charge in [0.1, 0.15) is 0 Å². The van der Waals surface area contributed by atoms with Crippen molar-refractivity contribution in [1.29, 1.82) is 0 Å². The summed E-state index contributed by atoms with van der Waals surface area (Å²) in [5.74, 6) is 0.582. The van der Waals surface area contributed by atoms with Gasteiger partial charge in [-0.05, 0) is 18.1 Å². The van der Waals surface area contributed by atoms with Crippen LogP contribution >= 0.6 is 0 Å². The molecule has 0 aliphatic carbocycles. The van der Waals surface area contributed by atoms with E-state index in [9.17, 15) is 4.79 Å². The third-order valence-electron chi connectivity index (χ3n) is 3.57. The van der Waals surface area contributed by atoms with Crippen LogP contribution in [0.15, 0.2) is 28.8 Å². The van der Waals surface area contributed by atoms with E-state index in [4.69, 9.17) is 4.52 Å². The first-order valence-corrected chi connectivity index (χ1v) is 6.67. The number of aryl methyl sites for hydroxylation is 1. The Morgan fingerprint density at radius 3 is 3.00 bits per heavy atom. The van der Waals surface area contributed by atoms with E-state index in [0.717, 1.165) is 0 Å². The highest BCUT2D eigenvalue weighted by Gasteiger charge is 2.30. The zero-order valence-corrected chi connectivity index (χ0v) is 11.5. The maximum Gasteiger partial charge on any atom is 0.329 e. The molecular formula is C14H16N4O2. The number of anilines is 1. The Labute approximate surface area is 116 Å². The van der Waals surface area contributed by atoms with Crippen LogP contribution in [0.25, 0.3) is 0 Å². The molecule has 0 bridgehead atoms. The number of benzene rings is 1. The molecule has 6 heteroatoms. The number of hydrogen-bond donors (Lipinski definition) is 1. The van der Waals surface area contributed by atoms with E-state index in [0.29, 0.717) is 18.8 Å². The molecule has 1 atom stereocenters. The van der Waals surface area contributed by atoms with Crippen LogP contribution in [0.1, 0.15) is 36.8 Å². The number of amides is 2. The van der Waals surface area contributed by atoms with Gasteiger partial charge in [0.2, 0.25) is 0 Å². The molecule has 0 saturated heterocycles. The van der Waals surface area contributed by atoms with E-state index in [1.807, 2.05) is 32.0 Å². The summed E-state index contributed by atoms with van der Waals surface area (Å²) in [6.45, 7) is 4.53. The van der Waals surface area contributed by atoms with Gasteiger partial charge in [-0.1, -0.05) is 36.3 Å². The molecule has 0 fully saturated rings. The Morgan fingerprint density at radius 2 is 2.30 bits per heavy atom. The second-order valence-corrected chi connectivity index (χ2v) is 4.80. The summed E-state index contributed by atoms with van der Waals surface area (Å²) in [5.41, 5.74) is 2.36. The summed E-state index contributed by atoms with van der Waals surface area (Å²) < 4.78 is 4.98. The maximum absolute atomic E-state index is 12.3. The monoisotopic (exact) mass is 272 g/mol. The van der Waals surface area contributed by atoms with Crippen molar-refractivity contribution < 1.29 is 9.32 Å². The van der Waals surface area contributed by atoms with Gasteiger partial charge in [-0.15, -0.1) is 0 Å². The molecule has 1 N–H and O–H groups in total. The summed E-state index contributed by atoms with van der Waals surface area (Å²) in [4.78, 5) is 18.1. The van der Waals surface area contributed by atoms with Gasteiger partial charge < -0.3 is 9.42 Å². The molecule has 2 amide bonds. The zero-order chi connectivity index (χ0) is 14.1. The normalized spacial score (nSPS) is 17.1. The van der Waals surface area contributed by atoms with Gasteiger partial charge in [0, 0.05) is 13.0 Å². The summed E-state index contributed by atoms with van der Waals surface area (Å²) in [6.07, 6.45) is 0.672. The van der Waals surface area contributed by atoms with Gasteiger partial charge in [-0.25, -0.2) is 4.79 Å². The van der Waals surface area contributed by atoms with Gasteiger partial charge in [-0.2, -0.15) is 4.98 Å². The quantitative estimate of drug-likeness (QED) is 0.912. The number of aromatic nitrogens is 2. The molecule has 1 aliphatic rings. The highest BCUT2D eigenvalue weighted by Crippen LogP contribution is 2.33. The number of carbonyl (C=O) groups excluding carboxylic acids is 1.